The molecule has 0 radical (unpaired) electrons. The van der Waals surface area contributed by atoms with Gasteiger partial charge in [-0.3, -0.25) is 9.69 Å². The van der Waals surface area contributed by atoms with Gasteiger partial charge in [0, 0.05) is 18.2 Å². The second-order valence-corrected chi connectivity index (χ2v) is 8.43. The third-order valence-electron chi connectivity index (χ3n) is 6.33. The molecule has 2 unspecified atom stereocenters. The van der Waals surface area contributed by atoms with Crippen molar-refractivity contribution in [3.05, 3.63) is 83.6 Å². The van der Waals surface area contributed by atoms with E-state index in [2.05, 4.69) is 0 Å². The summed E-state index contributed by atoms with van der Waals surface area (Å²) >= 11 is 0. The van der Waals surface area contributed by atoms with E-state index in [-0.39, 0.29) is 24.7 Å². The van der Waals surface area contributed by atoms with Crippen LogP contribution >= 0.6 is 0 Å². The molecule has 4 rings (SSSR count). The molecule has 1 heterocycles. The lowest BCUT2D eigenvalue weighted by molar-refractivity contribution is -0.118. The number of amides is 1. The number of nitrogens with zero attached hydrogens (tertiary/aromatic N) is 1. The first kappa shape index (κ1) is 21.3. The van der Waals surface area contributed by atoms with Gasteiger partial charge in [-0.05, 0) is 29.9 Å². The van der Waals surface area contributed by atoms with E-state index < -0.39 is 18.2 Å². The maximum atomic E-state index is 13.1. The van der Waals surface area contributed by atoms with E-state index >= 15 is 0 Å². The molecule has 1 aliphatic heterocycles. The Morgan fingerprint density at radius 3 is 2.32 bits per heavy atom. The van der Waals surface area contributed by atoms with E-state index in [0.717, 1.165) is 36.8 Å². The molecule has 31 heavy (non-hydrogen) atoms. The lowest BCUT2D eigenvalue weighted by atomic mass is 9.80. The quantitative estimate of drug-likeness (QED) is 0.727. The number of aliphatic hydroxyl groups is 1. The van der Waals surface area contributed by atoms with Crippen molar-refractivity contribution in [2.75, 3.05) is 0 Å². The highest BCUT2D eigenvalue weighted by Gasteiger charge is 2.37. The highest BCUT2D eigenvalue weighted by Crippen LogP contribution is 2.36. The second kappa shape index (κ2) is 9.92. The van der Waals surface area contributed by atoms with E-state index in [0.29, 0.717) is 5.57 Å². The van der Waals surface area contributed by atoms with Crippen molar-refractivity contribution in [2.24, 2.45) is 5.92 Å². The molecule has 1 saturated carbocycles. The van der Waals surface area contributed by atoms with Crippen molar-refractivity contribution < 1.29 is 19.4 Å². The zero-order valence-electron chi connectivity index (χ0n) is 17.7. The second-order valence-electron chi connectivity index (χ2n) is 8.43. The molecular weight excluding hydrogens is 390 g/mol. The summed E-state index contributed by atoms with van der Waals surface area (Å²) in [5.74, 6) is -0.0292. The molecule has 162 valence electrons. The van der Waals surface area contributed by atoms with Crippen molar-refractivity contribution in [1.82, 2.24) is 4.90 Å². The average Bonchev–Trinajstić information content (AvgIpc) is 2.83. The van der Waals surface area contributed by atoms with Gasteiger partial charge < -0.3 is 9.84 Å². The van der Waals surface area contributed by atoms with Crippen LogP contribution in [0.1, 0.15) is 55.7 Å². The van der Waals surface area contributed by atoms with E-state index in [1.54, 1.807) is 0 Å². The fraction of sp³-hybridized carbons (Fsp3) is 0.385. The smallest absolute Gasteiger partial charge is 0.414 e. The zero-order chi connectivity index (χ0) is 21.6. The number of benzene rings is 2. The van der Waals surface area contributed by atoms with Crippen LogP contribution < -0.4 is 0 Å². The molecule has 2 aromatic rings. The Balaban J connectivity index is 1.59. The predicted molar refractivity (Wildman–Crippen MR) is 118 cm³/mol. The Labute approximate surface area is 183 Å². The van der Waals surface area contributed by atoms with Crippen molar-refractivity contribution >= 4 is 11.9 Å². The normalized spacial score (nSPS) is 20.8. The van der Waals surface area contributed by atoms with E-state index in [9.17, 15) is 14.7 Å². The van der Waals surface area contributed by atoms with Crippen molar-refractivity contribution in [3.63, 3.8) is 0 Å². The molecule has 2 aliphatic rings. The van der Waals surface area contributed by atoms with Crippen LogP contribution in [0.25, 0.3) is 0 Å². The Morgan fingerprint density at radius 1 is 1.00 bits per heavy atom. The molecule has 5 nitrogen and oxygen atoms in total. The number of ether oxygens (including phenoxy) is 1. The van der Waals surface area contributed by atoms with E-state index in [1.807, 2.05) is 60.7 Å². The highest BCUT2D eigenvalue weighted by atomic mass is 16.6. The van der Waals surface area contributed by atoms with Crippen LogP contribution in [0.3, 0.4) is 0 Å². The van der Waals surface area contributed by atoms with Crippen LogP contribution in [0.4, 0.5) is 4.79 Å². The molecule has 2 aromatic carbocycles. The summed E-state index contributed by atoms with van der Waals surface area (Å²) in [6, 6.07) is 18.6. The van der Waals surface area contributed by atoms with E-state index in [4.69, 9.17) is 4.74 Å². The van der Waals surface area contributed by atoms with Gasteiger partial charge in [0.25, 0.3) is 0 Å². The number of carbonyl (C=O) groups excluding carboxylic acids is 2. The van der Waals surface area contributed by atoms with Gasteiger partial charge in [0.15, 0.2) is 5.78 Å². The number of Topliss-reactive ketones (excluding diaryl/α,β-unsaturated/α-hetero) is 1. The van der Waals surface area contributed by atoms with Gasteiger partial charge in [0.05, 0.1) is 12.1 Å². The topological polar surface area (TPSA) is 66.8 Å². The Kier molecular flexibility index (Phi) is 6.82. The highest BCUT2D eigenvalue weighted by molar-refractivity contribution is 5.98. The summed E-state index contributed by atoms with van der Waals surface area (Å²) in [7, 11) is 0. The fourth-order valence-electron chi connectivity index (χ4n) is 4.58. The van der Waals surface area contributed by atoms with Gasteiger partial charge in [-0.25, -0.2) is 4.79 Å². The van der Waals surface area contributed by atoms with Crippen LogP contribution in [0.2, 0.25) is 0 Å². The van der Waals surface area contributed by atoms with Crippen molar-refractivity contribution in [1.29, 1.82) is 0 Å². The van der Waals surface area contributed by atoms with Crippen LogP contribution in [-0.4, -0.2) is 28.0 Å². The van der Waals surface area contributed by atoms with Gasteiger partial charge in [-0.1, -0.05) is 79.9 Å². The largest absolute Gasteiger partial charge is 0.444 e. The number of rotatable bonds is 5. The number of carbonyl (C=O) groups is 2. The number of hydrogen-bond donors (Lipinski definition) is 1. The summed E-state index contributed by atoms with van der Waals surface area (Å²) in [6.45, 7) is 0.153. The van der Waals surface area contributed by atoms with Crippen molar-refractivity contribution in [2.45, 2.75) is 57.3 Å². The van der Waals surface area contributed by atoms with Gasteiger partial charge in [-0.2, -0.15) is 0 Å². The van der Waals surface area contributed by atoms with Gasteiger partial charge >= 0.3 is 6.09 Å². The summed E-state index contributed by atoms with van der Waals surface area (Å²) in [4.78, 5) is 27.6. The number of aliphatic hydroxyl groups excluding tert-OH is 1. The standard InChI is InChI=1S/C26H29NO4/c28-24-16-23(20-12-6-2-7-13-20)27(26(30)31-18-19-10-4-1-5-11-19)17-22(24)25(29)21-14-8-3-9-15-21/h1-2,4-7,10-13,17,21,23,25,29H,3,8-9,14-16,18H2. The summed E-state index contributed by atoms with van der Waals surface area (Å²) in [5, 5.41) is 11.0. The minimum Gasteiger partial charge on any atom is -0.444 e. The third kappa shape index (κ3) is 5.05. The molecule has 0 aromatic heterocycles. The molecule has 1 amide bonds. The molecule has 0 spiro atoms. The minimum absolute atomic E-state index is 0.0689. The lowest BCUT2D eigenvalue weighted by Crippen LogP contribution is -2.40. The summed E-state index contributed by atoms with van der Waals surface area (Å²) < 4.78 is 5.58. The van der Waals surface area contributed by atoms with Crippen LogP contribution in [0.15, 0.2) is 72.4 Å². The molecular formula is C26H29NO4. The van der Waals surface area contributed by atoms with Crippen LogP contribution in [0, 0.1) is 5.92 Å². The number of ketones is 1. The molecule has 1 fully saturated rings. The minimum atomic E-state index is -0.839. The first-order valence-corrected chi connectivity index (χ1v) is 11.1. The van der Waals surface area contributed by atoms with Gasteiger partial charge in [-0.15, -0.1) is 0 Å². The average molecular weight is 420 g/mol. The molecule has 2 atom stereocenters. The molecule has 1 N–H and O–H groups in total. The molecule has 5 heteroatoms. The van der Waals surface area contributed by atoms with Crippen molar-refractivity contribution in [3.8, 4) is 0 Å². The zero-order valence-corrected chi connectivity index (χ0v) is 17.7. The third-order valence-corrected chi connectivity index (χ3v) is 6.33. The fourth-order valence-corrected chi connectivity index (χ4v) is 4.58. The molecule has 0 bridgehead atoms. The Hall–Kier alpha value is -2.92. The molecule has 0 saturated heterocycles. The van der Waals surface area contributed by atoms with Gasteiger partial charge in [0.2, 0.25) is 0 Å². The maximum absolute atomic E-state index is 13.1. The number of hydrogen-bond acceptors (Lipinski definition) is 4. The Bertz CT molecular complexity index is 919. The SMILES string of the molecule is O=C1CC(c2ccccc2)N(C(=O)OCc2ccccc2)C=C1C(O)C1CCCCC1. The maximum Gasteiger partial charge on any atom is 0.414 e. The lowest BCUT2D eigenvalue weighted by Gasteiger charge is -2.36. The monoisotopic (exact) mass is 419 g/mol. The Morgan fingerprint density at radius 2 is 1.65 bits per heavy atom. The predicted octanol–water partition coefficient (Wildman–Crippen LogP) is 5.16. The van der Waals surface area contributed by atoms with Crippen LogP contribution in [0.5, 0.6) is 0 Å². The van der Waals surface area contributed by atoms with Crippen LogP contribution in [-0.2, 0) is 16.1 Å². The first-order chi connectivity index (χ1) is 15.1. The first-order valence-electron chi connectivity index (χ1n) is 11.1. The summed E-state index contributed by atoms with van der Waals surface area (Å²) in [5.41, 5.74) is 2.09. The van der Waals surface area contributed by atoms with Gasteiger partial charge in [0.1, 0.15) is 6.61 Å². The van der Waals surface area contributed by atoms with E-state index in [1.165, 1.54) is 17.5 Å². The molecule has 1 aliphatic carbocycles. The summed E-state index contributed by atoms with van der Waals surface area (Å²) in [6.07, 6.45) is 5.45.